The van der Waals surface area contributed by atoms with Gasteiger partial charge in [-0.3, -0.25) is 9.59 Å². The van der Waals surface area contributed by atoms with Crippen molar-refractivity contribution in [1.82, 2.24) is 0 Å². The Bertz CT molecular complexity index is 562. The number of carboxylic acids is 1. The number of nitrogens with zero attached hydrogens (tertiary/aromatic N) is 2. The topological polar surface area (TPSA) is 113 Å². The Morgan fingerprint density at radius 3 is 2.33 bits per heavy atom. The predicted octanol–water partition coefficient (Wildman–Crippen LogP) is -0.0372. The predicted molar refractivity (Wildman–Crippen MR) is 62.1 cm³/mol. The molecule has 92 valence electrons. The first kappa shape index (κ1) is 11.8. The van der Waals surface area contributed by atoms with Crippen molar-refractivity contribution in [1.29, 1.82) is 0 Å². The van der Waals surface area contributed by atoms with Gasteiger partial charge in [0.05, 0.1) is 17.7 Å². The molecule has 0 spiro atoms. The first-order chi connectivity index (χ1) is 8.49. The minimum Gasteiger partial charge on any atom is -0.478 e. The van der Waals surface area contributed by atoms with Crippen molar-refractivity contribution in [2.24, 2.45) is 10.8 Å². The van der Waals surface area contributed by atoms with Gasteiger partial charge < -0.3 is 10.8 Å². The van der Waals surface area contributed by atoms with Crippen LogP contribution in [0.2, 0.25) is 0 Å². The maximum Gasteiger partial charge on any atom is 0.335 e. The molecular weight excluding hydrogens is 238 g/mol. The molecule has 0 fully saturated rings. The maximum atomic E-state index is 11.6. The fourth-order valence-electron chi connectivity index (χ4n) is 1.51. The second-order valence-electron chi connectivity index (χ2n) is 3.65. The number of carbonyl (C=O) groups is 3. The average Bonchev–Trinajstić information content (AvgIpc) is 2.71. The highest BCUT2D eigenvalue weighted by atomic mass is 16.4. The number of amides is 2. The molecule has 0 saturated heterocycles. The number of aromatic carboxylic acids is 1. The van der Waals surface area contributed by atoms with Gasteiger partial charge in [-0.15, -0.1) is 0 Å². The molecule has 0 aromatic heterocycles. The maximum absolute atomic E-state index is 11.6. The van der Waals surface area contributed by atoms with E-state index < -0.39 is 11.9 Å². The molecule has 0 bridgehead atoms. The monoisotopic (exact) mass is 247 g/mol. The van der Waals surface area contributed by atoms with E-state index in [1.807, 2.05) is 0 Å². The molecular formula is C11H9N3O4. The fraction of sp³-hybridized carbons (Fsp3) is 0.0909. The molecule has 0 saturated carbocycles. The van der Waals surface area contributed by atoms with Gasteiger partial charge in [0.1, 0.15) is 5.71 Å². The number of primary amides is 1. The van der Waals surface area contributed by atoms with Crippen molar-refractivity contribution < 1.29 is 19.5 Å². The van der Waals surface area contributed by atoms with Gasteiger partial charge in [-0.25, -0.2) is 4.79 Å². The second-order valence-corrected chi connectivity index (χ2v) is 3.65. The average molecular weight is 247 g/mol. The van der Waals surface area contributed by atoms with E-state index in [9.17, 15) is 14.4 Å². The third-order valence-corrected chi connectivity index (χ3v) is 2.42. The highest BCUT2D eigenvalue weighted by molar-refractivity contribution is 6.44. The van der Waals surface area contributed by atoms with Crippen molar-refractivity contribution in [3.05, 3.63) is 29.8 Å². The Labute approximate surface area is 101 Å². The van der Waals surface area contributed by atoms with Gasteiger partial charge in [0.15, 0.2) is 0 Å². The molecule has 1 aromatic carbocycles. The zero-order chi connectivity index (χ0) is 13.3. The van der Waals surface area contributed by atoms with Crippen LogP contribution in [0.1, 0.15) is 16.8 Å². The van der Waals surface area contributed by atoms with Gasteiger partial charge in [0.2, 0.25) is 0 Å². The standard InChI is InChI=1S/C11H9N3O4/c12-10(16)8-5-9(15)14(13-8)7-3-1-6(2-4-7)11(17)18/h1-4H,5H2,(H2,12,16)(H,17,18). The lowest BCUT2D eigenvalue weighted by molar-refractivity contribution is -0.117. The summed E-state index contributed by atoms with van der Waals surface area (Å²) in [5, 5.41) is 13.6. The van der Waals surface area contributed by atoms with E-state index in [2.05, 4.69) is 5.10 Å². The second kappa shape index (κ2) is 4.28. The Kier molecular flexibility index (Phi) is 2.80. The van der Waals surface area contributed by atoms with Crippen molar-refractivity contribution in [2.75, 3.05) is 5.01 Å². The summed E-state index contributed by atoms with van der Waals surface area (Å²) < 4.78 is 0. The Balaban J connectivity index is 2.29. The van der Waals surface area contributed by atoms with Crippen LogP contribution in [0.4, 0.5) is 5.69 Å². The molecule has 1 aromatic rings. The first-order valence-electron chi connectivity index (χ1n) is 5.02. The SMILES string of the molecule is NC(=O)C1=NN(c2ccc(C(=O)O)cc2)C(=O)C1. The first-order valence-corrected chi connectivity index (χ1v) is 5.02. The van der Waals surface area contributed by atoms with Gasteiger partial charge in [-0.05, 0) is 24.3 Å². The van der Waals surface area contributed by atoms with Crippen LogP contribution in [0.15, 0.2) is 29.4 Å². The van der Waals surface area contributed by atoms with Crippen molar-refractivity contribution in [3.63, 3.8) is 0 Å². The molecule has 2 rings (SSSR count). The van der Waals surface area contributed by atoms with E-state index in [0.717, 1.165) is 5.01 Å². The minimum atomic E-state index is -1.06. The molecule has 2 amide bonds. The van der Waals surface area contributed by atoms with Crippen molar-refractivity contribution >= 4 is 29.2 Å². The number of nitrogens with two attached hydrogens (primary N) is 1. The Morgan fingerprint density at radius 1 is 1.28 bits per heavy atom. The number of hydrazone groups is 1. The molecule has 0 atom stereocenters. The number of rotatable bonds is 3. The van der Waals surface area contributed by atoms with Crippen LogP contribution in [-0.4, -0.2) is 28.6 Å². The molecule has 1 heterocycles. The number of benzene rings is 1. The van der Waals surface area contributed by atoms with Crippen LogP contribution in [0, 0.1) is 0 Å². The van der Waals surface area contributed by atoms with Gasteiger partial charge in [0.25, 0.3) is 11.8 Å². The quantitative estimate of drug-likeness (QED) is 0.780. The van der Waals surface area contributed by atoms with Crippen LogP contribution in [0.25, 0.3) is 0 Å². The number of anilines is 1. The summed E-state index contributed by atoms with van der Waals surface area (Å²) in [6.45, 7) is 0. The van der Waals surface area contributed by atoms with E-state index >= 15 is 0 Å². The van der Waals surface area contributed by atoms with E-state index in [4.69, 9.17) is 10.8 Å². The van der Waals surface area contributed by atoms with Crippen LogP contribution < -0.4 is 10.7 Å². The van der Waals surface area contributed by atoms with Gasteiger partial charge in [-0.2, -0.15) is 10.1 Å². The molecule has 0 radical (unpaired) electrons. The molecule has 0 unspecified atom stereocenters. The third kappa shape index (κ3) is 2.05. The van der Waals surface area contributed by atoms with E-state index in [1.165, 1.54) is 24.3 Å². The van der Waals surface area contributed by atoms with E-state index in [-0.39, 0.29) is 23.6 Å². The number of hydrogen-bond acceptors (Lipinski definition) is 4. The molecule has 7 heteroatoms. The largest absolute Gasteiger partial charge is 0.478 e. The van der Waals surface area contributed by atoms with Crippen molar-refractivity contribution in [2.45, 2.75) is 6.42 Å². The van der Waals surface area contributed by atoms with Gasteiger partial charge in [-0.1, -0.05) is 0 Å². The highest BCUT2D eigenvalue weighted by Crippen LogP contribution is 2.20. The number of hydrogen-bond donors (Lipinski definition) is 2. The lowest BCUT2D eigenvalue weighted by Gasteiger charge is -2.11. The van der Waals surface area contributed by atoms with Crippen molar-refractivity contribution in [3.8, 4) is 0 Å². The van der Waals surface area contributed by atoms with Crippen LogP contribution >= 0.6 is 0 Å². The summed E-state index contributed by atoms with van der Waals surface area (Å²) in [6.07, 6.45) is -0.143. The molecule has 0 aliphatic carbocycles. The Hall–Kier alpha value is -2.70. The normalized spacial score (nSPS) is 14.6. The zero-order valence-electron chi connectivity index (χ0n) is 9.16. The van der Waals surface area contributed by atoms with E-state index in [1.54, 1.807) is 0 Å². The summed E-state index contributed by atoms with van der Waals surface area (Å²) in [5.74, 6) is -2.18. The lowest BCUT2D eigenvalue weighted by Crippen LogP contribution is -2.22. The fourth-order valence-corrected chi connectivity index (χ4v) is 1.51. The summed E-state index contributed by atoms with van der Waals surface area (Å²) in [6, 6.07) is 5.58. The summed E-state index contributed by atoms with van der Waals surface area (Å²) in [4.78, 5) is 33.2. The van der Waals surface area contributed by atoms with Crippen LogP contribution in [0.5, 0.6) is 0 Å². The number of carboxylic acid groups (broad SMARTS) is 1. The minimum absolute atomic E-state index is 0.0117. The molecule has 18 heavy (non-hydrogen) atoms. The Morgan fingerprint density at radius 2 is 1.89 bits per heavy atom. The van der Waals surface area contributed by atoms with Gasteiger partial charge in [0, 0.05) is 0 Å². The lowest BCUT2D eigenvalue weighted by atomic mass is 10.2. The van der Waals surface area contributed by atoms with Crippen LogP contribution in [0.3, 0.4) is 0 Å². The summed E-state index contributed by atoms with van der Waals surface area (Å²) >= 11 is 0. The van der Waals surface area contributed by atoms with Gasteiger partial charge >= 0.3 is 5.97 Å². The third-order valence-electron chi connectivity index (χ3n) is 2.42. The molecule has 1 aliphatic rings. The molecule has 7 nitrogen and oxygen atoms in total. The smallest absolute Gasteiger partial charge is 0.335 e. The zero-order valence-corrected chi connectivity index (χ0v) is 9.16. The van der Waals surface area contributed by atoms with E-state index in [0.29, 0.717) is 5.69 Å². The van der Waals surface area contributed by atoms with Crippen LogP contribution in [-0.2, 0) is 9.59 Å². The summed E-state index contributed by atoms with van der Waals surface area (Å²) in [5.41, 5.74) is 5.52. The number of carbonyl (C=O) groups excluding carboxylic acids is 2. The highest BCUT2D eigenvalue weighted by Gasteiger charge is 2.28. The molecule has 1 aliphatic heterocycles. The summed E-state index contributed by atoms with van der Waals surface area (Å²) in [7, 11) is 0. The molecule has 3 N–H and O–H groups in total.